The zero-order valence-corrected chi connectivity index (χ0v) is 15.2. The van der Waals surface area contributed by atoms with Gasteiger partial charge in [-0.05, 0) is 47.9 Å². The smallest absolute Gasteiger partial charge is 0.161 e. The first kappa shape index (κ1) is 17.9. The van der Waals surface area contributed by atoms with Crippen molar-refractivity contribution in [1.29, 1.82) is 0 Å². The third kappa shape index (κ3) is 5.07. The Bertz CT molecular complexity index is 818. The second-order valence-electron chi connectivity index (χ2n) is 6.09. The number of hydrogen-bond acceptors (Lipinski definition) is 5. The Labute approximate surface area is 153 Å². The molecule has 0 saturated carbocycles. The number of hydrogen-bond donors (Lipinski definition) is 1. The Morgan fingerprint density at radius 3 is 2.65 bits per heavy atom. The van der Waals surface area contributed by atoms with Crippen LogP contribution in [0, 0.1) is 6.92 Å². The summed E-state index contributed by atoms with van der Waals surface area (Å²) in [4.78, 5) is 4.01. The van der Waals surface area contributed by atoms with Crippen molar-refractivity contribution in [2.75, 3.05) is 13.7 Å². The summed E-state index contributed by atoms with van der Waals surface area (Å²) in [6, 6.07) is 9.88. The van der Waals surface area contributed by atoms with Gasteiger partial charge in [-0.3, -0.25) is 9.67 Å². The minimum absolute atomic E-state index is 0.486. The highest BCUT2D eigenvalue weighted by Crippen LogP contribution is 2.28. The van der Waals surface area contributed by atoms with Gasteiger partial charge in [-0.15, -0.1) is 0 Å². The monoisotopic (exact) mass is 352 g/mol. The summed E-state index contributed by atoms with van der Waals surface area (Å²) >= 11 is 0. The summed E-state index contributed by atoms with van der Waals surface area (Å²) in [5.74, 6) is 1.47. The van der Waals surface area contributed by atoms with Crippen LogP contribution in [-0.2, 0) is 19.7 Å². The molecule has 2 aromatic heterocycles. The number of aryl methyl sites for hydroxylation is 1. The van der Waals surface area contributed by atoms with E-state index in [9.17, 15) is 0 Å². The minimum Gasteiger partial charge on any atom is -0.493 e. The molecule has 0 amide bonds. The van der Waals surface area contributed by atoms with Crippen molar-refractivity contribution in [2.45, 2.75) is 26.6 Å². The Balaban J connectivity index is 1.50. The van der Waals surface area contributed by atoms with E-state index in [0.29, 0.717) is 6.61 Å². The van der Waals surface area contributed by atoms with Gasteiger partial charge in [-0.1, -0.05) is 6.07 Å². The van der Waals surface area contributed by atoms with Crippen LogP contribution in [-0.4, -0.2) is 28.4 Å². The molecule has 3 aromatic rings. The minimum atomic E-state index is 0.486. The van der Waals surface area contributed by atoms with Crippen LogP contribution < -0.4 is 14.8 Å². The number of nitrogens with zero attached hydrogens (tertiary/aromatic N) is 3. The lowest BCUT2D eigenvalue weighted by Crippen LogP contribution is -2.19. The number of methoxy groups -OCH3 is 1. The first-order valence-corrected chi connectivity index (χ1v) is 8.63. The molecule has 0 fully saturated rings. The molecule has 2 heterocycles. The van der Waals surface area contributed by atoms with Gasteiger partial charge >= 0.3 is 0 Å². The van der Waals surface area contributed by atoms with Gasteiger partial charge in [0.15, 0.2) is 11.5 Å². The van der Waals surface area contributed by atoms with Gasteiger partial charge < -0.3 is 14.8 Å². The van der Waals surface area contributed by atoms with Crippen LogP contribution in [0.5, 0.6) is 11.5 Å². The van der Waals surface area contributed by atoms with E-state index in [-0.39, 0.29) is 0 Å². The molecule has 0 aliphatic rings. The van der Waals surface area contributed by atoms with E-state index in [1.165, 1.54) is 5.56 Å². The summed E-state index contributed by atoms with van der Waals surface area (Å²) in [6.45, 7) is 4.99. The van der Waals surface area contributed by atoms with Crippen LogP contribution in [0.3, 0.4) is 0 Å². The molecule has 6 nitrogen and oxygen atoms in total. The lowest BCUT2D eigenvalue weighted by Gasteiger charge is -2.13. The molecule has 0 aliphatic carbocycles. The molecular formula is C20H24N4O2. The van der Waals surface area contributed by atoms with E-state index in [2.05, 4.69) is 21.5 Å². The summed E-state index contributed by atoms with van der Waals surface area (Å²) in [5.41, 5.74) is 3.40. The largest absolute Gasteiger partial charge is 0.493 e. The molecule has 0 saturated heterocycles. The Morgan fingerprint density at radius 2 is 1.92 bits per heavy atom. The third-order valence-electron chi connectivity index (χ3n) is 3.98. The molecule has 0 unspecified atom stereocenters. The van der Waals surface area contributed by atoms with Crippen LogP contribution in [0.2, 0.25) is 0 Å². The molecular weight excluding hydrogens is 328 g/mol. The van der Waals surface area contributed by atoms with Crippen molar-refractivity contribution in [3.63, 3.8) is 0 Å². The molecule has 0 spiro atoms. The number of rotatable bonds is 9. The third-order valence-corrected chi connectivity index (χ3v) is 3.98. The Morgan fingerprint density at radius 1 is 1.08 bits per heavy atom. The fourth-order valence-electron chi connectivity index (χ4n) is 2.60. The summed E-state index contributed by atoms with van der Waals surface area (Å²) in [5, 5.41) is 7.70. The van der Waals surface area contributed by atoms with Gasteiger partial charge in [0.25, 0.3) is 0 Å². The molecule has 6 heteroatoms. The topological polar surface area (TPSA) is 61.2 Å². The summed E-state index contributed by atoms with van der Waals surface area (Å²) in [6.07, 6.45) is 7.43. The van der Waals surface area contributed by atoms with Gasteiger partial charge in [0.1, 0.15) is 6.61 Å². The van der Waals surface area contributed by atoms with Crippen LogP contribution >= 0.6 is 0 Å². The molecule has 136 valence electrons. The fourth-order valence-corrected chi connectivity index (χ4v) is 2.60. The molecule has 0 atom stereocenters. The van der Waals surface area contributed by atoms with Crippen molar-refractivity contribution < 1.29 is 9.47 Å². The zero-order valence-electron chi connectivity index (χ0n) is 15.2. The number of benzene rings is 1. The van der Waals surface area contributed by atoms with Gasteiger partial charge in [0.05, 0.1) is 19.9 Å². The quantitative estimate of drug-likeness (QED) is 0.600. The van der Waals surface area contributed by atoms with Crippen LogP contribution in [0.15, 0.2) is 55.1 Å². The van der Waals surface area contributed by atoms with Crippen molar-refractivity contribution in [3.05, 3.63) is 71.8 Å². The molecule has 0 bridgehead atoms. The molecule has 3 rings (SSSR count). The maximum Gasteiger partial charge on any atom is 0.161 e. The Hall–Kier alpha value is -2.86. The highest BCUT2D eigenvalue weighted by atomic mass is 16.5. The maximum atomic E-state index is 5.87. The first-order chi connectivity index (χ1) is 12.7. The first-order valence-electron chi connectivity index (χ1n) is 8.63. The van der Waals surface area contributed by atoms with Crippen LogP contribution in [0.1, 0.15) is 16.7 Å². The highest BCUT2D eigenvalue weighted by Gasteiger charge is 2.06. The predicted octanol–water partition coefficient (Wildman–Crippen LogP) is 2.96. The molecule has 1 aromatic carbocycles. The van der Waals surface area contributed by atoms with Crippen molar-refractivity contribution in [2.24, 2.45) is 0 Å². The van der Waals surface area contributed by atoms with E-state index in [1.807, 2.05) is 48.3 Å². The lowest BCUT2D eigenvalue weighted by molar-refractivity contribution is 0.284. The average Bonchev–Trinajstić information content (AvgIpc) is 3.10. The van der Waals surface area contributed by atoms with E-state index >= 15 is 0 Å². The highest BCUT2D eigenvalue weighted by molar-refractivity contribution is 5.43. The molecule has 1 N–H and O–H groups in total. The summed E-state index contributed by atoms with van der Waals surface area (Å²) in [7, 11) is 1.66. The number of pyridine rings is 1. The van der Waals surface area contributed by atoms with Crippen LogP contribution in [0.4, 0.5) is 0 Å². The Kier molecular flexibility index (Phi) is 6.22. The second kappa shape index (κ2) is 9.01. The van der Waals surface area contributed by atoms with Crippen molar-refractivity contribution in [1.82, 2.24) is 20.1 Å². The van der Waals surface area contributed by atoms with E-state index < -0.39 is 0 Å². The predicted molar refractivity (Wildman–Crippen MR) is 100 cm³/mol. The van der Waals surface area contributed by atoms with E-state index in [4.69, 9.17) is 9.47 Å². The maximum absolute atomic E-state index is 5.87. The number of nitrogens with one attached hydrogen (secondary N) is 1. The zero-order chi connectivity index (χ0) is 18.2. The van der Waals surface area contributed by atoms with Gasteiger partial charge in [-0.25, -0.2) is 0 Å². The standard InChI is InChI=1S/C20H24N4O2/c1-16-12-23-24(14-16)10-9-22-13-18-3-4-19(20(11-18)25-2)26-15-17-5-7-21-8-6-17/h3-8,11-12,14,22H,9-10,13,15H2,1-2H3. The second-order valence-corrected chi connectivity index (χ2v) is 6.09. The normalized spacial score (nSPS) is 10.7. The van der Waals surface area contributed by atoms with Crippen LogP contribution in [0.25, 0.3) is 0 Å². The van der Waals surface area contributed by atoms with E-state index in [1.54, 1.807) is 19.5 Å². The molecule has 0 radical (unpaired) electrons. The SMILES string of the molecule is COc1cc(CNCCn2cc(C)cn2)ccc1OCc1ccncc1. The van der Waals surface area contributed by atoms with Gasteiger partial charge in [0, 0.05) is 31.7 Å². The summed E-state index contributed by atoms with van der Waals surface area (Å²) < 4.78 is 13.3. The molecule has 0 aliphatic heterocycles. The number of ether oxygens (including phenoxy) is 2. The number of aromatic nitrogens is 3. The van der Waals surface area contributed by atoms with E-state index in [0.717, 1.165) is 42.3 Å². The fraction of sp³-hybridized carbons (Fsp3) is 0.300. The van der Waals surface area contributed by atoms with Crippen molar-refractivity contribution >= 4 is 0 Å². The van der Waals surface area contributed by atoms with Crippen molar-refractivity contribution in [3.8, 4) is 11.5 Å². The lowest BCUT2D eigenvalue weighted by atomic mass is 10.2. The molecule has 26 heavy (non-hydrogen) atoms. The average molecular weight is 352 g/mol. The van der Waals surface area contributed by atoms with Gasteiger partial charge in [-0.2, -0.15) is 5.10 Å². The van der Waals surface area contributed by atoms with Gasteiger partial charge in [0.2, 0.25) is 0 Å².